The lowest BCUT2D eigenvalue weighted by atomic mass is 10.3. The lowest BCUT2D eigenvalue weighted by molar-refractivity contribution is -0.387. The van der Waals surface area contributed by atoms with Gasteiger partial charge in [-0.25, -0.2) is 13.1 Å². The molecule has 0 aliphatic carbocycles. The van der Waals surface area contributed by atoms with Gasteiger partial charge in [0.15, 0.2) is 4.90 Å². The standard InChI is InChI=1S/C11H17N3O4S/c1-2-3-4-7-13-19(17,18)11-6-5-9(12)8-10(11)14(15)16/h5-6,8,13H,2-4,7,12H2,1H3. The van der Waals surface area contributed by atoms with Crippen LogP contribution < -0.4 is 10.5 Å². The average Bonchev–Trinajstić information content (AvgIpc) is 2.34. The number of sulfonamides is 1. The second kappa shape index (κ2) is 6.48. The summed E-state index contributed by atoms with van der Waals surface area (Å²) in [5, 5.41) is 10.9. The molecule has 0 saturated carbocycles. The number of nitrogens with zero attached hydrogens (tertiary/aromatic N) is 1. The van der Waals surface area contributed by atoms with Crippen LogP contribution in [0, 0.1) is 10.1 Å². The molecule has 0 atom stereocenters. The van der Waals surface area contributed by atoms with E-state index in [0.29, 0.717) is 6.42 Å². The van der Waals surface area contributed by atoms with Gasteiger partial charge in [-0.05, 0) is 18.6 Å². The maximum absolute atomic E-state index is 12.0. The van der Waals surface area contributed by atoms with Gasteiger partial charge < -0.3 is 5.73 Å². The Balaban J connectivity index is 2.98. The molecular weight excluding hydrogens is 270 g/mol. The first-order valence-corrected chi connectivity index (χ1v) is 7.40. The minimum atomic E-state index is -3.88. The van der Waals surface area contributed by atoms with Crippen molar-refractivity contribution in [2.24, 2.45) is 0 Å². The average molecular weight is 287 g/mol. The highest BCUT2D eigenvalue weighted by Crippen LogP contribution is 2.25. The Morgan fingerprint density at radius 1 is 1.37 bits per heavy atom. The lowest BCUT2D eigenvalue weighted by Gasteiger charge is -2.07. The molecule has 0 aliphatic rings. The normalized spacial score (nSPS) is 11.4. The van der Waals surface area contributed by atoms with Gasteiger partial charge in [0.1, 0.15) is 0 Å². The number of hydrogen-bond acceptors (Lipinski definition) is 5. The highest BCUT2D eigenvalue weighted by molar-refractivity contribution is 7.89. The largest absolute Gasteiger partial charge is 0.399 e. The Hall–Kier alpha value is -1.67. The van der Waals surface area contributed by atoms with Crippen LogP contribution in [0.3, 0.4) is 0 Å². The third-order valence-electron chi connectivity index (χ3n) is 2.54. The van der Waals surface area contributed by atoms with Gasteiger partial charge in [-0.2, -0.15) is 0 Å². The number of unbranched alkanes of at least 4 members (excludes halogenated alkanes) is 2. The topological polar surface area (TPSA) is 115 Å². The summed E-state index contributed by atoms with van der Waals surface area (Å²) < 4.78 is 26.3. The molecule has 8 heteroatoms. The van der Waals surface area contributed by atoms with Crippen molar-refractivity contribution < 1.29 is 13.3 Å². The predicted octanol–water partition coefficient (Wildman–Crippen LogP) is 1.65. The van der Waals surface area contributed by atoms with E-state index in [-0.39, 0.29) is 17.1 Å². The molecular formula is C11H17N3O4S. The highest BCUT2D eigenvalue weighted by atomic mass is 32.2. The monoisotopic (exact) mass is 287 g/mol. The quantitative estimate of drug-likeness (QED) is 0.342. The molecule has 0 aromatic heterocycles. The van der Waals surface area contributed by atoms with Gasteiger partial charge in [-0.3, -0.25) is 10.1 Å². The highest BCUT2D eigenvalue weighted by Gasteiger charge is 2.25. The summed E-state index contributed by atoms with van der Waals surface area (Å²) in [5.74, 6) is 0. The lowest BCUT2D eigenvalue weighted by Crippen LogP contribution is -2.25. The number of hydrogen-bond donors (Lipinski definition) is 2. The molecule has 19 heavy (non-hydrogen) atoms. The molecule has 1 aromatic carbocycles. The summed E-state index contributed by atoms with van der Waals surface area (Å²) >= 11 is 0. The predicted molar refractivity (Wildman–Crippen MR) is 72.2 cm³/mol. The Morgan fingerprint density at radius 2 is 2.05 bits per heavy atom. The first-order chi connectivity index (χ1) is 8.88. The van der Waals surface area contributed by atoms with Gasteiger partial charge in [0.25, 0.3) is 5.69 Å². The number of anilines is 1. The van der Waals surface area contributed by atoms with Crippen molar-refractivity contribution in [1.82, 2.24) is 4.72 Å². The second-order valence-electron chi connectivity index (χ2n) is 4.09. The maximum atomic E-state index is 12.0. The van der Waals surface area contributed by atoms with Crippen LogP contribution in [-0.2, 0) is 10.0 Å². The number of nitrogen functional groups attached to an aromatic ring is 1. The van der Waals surface area contributed by atoms with E-state index < -0.39 is 20.6 Å². The number of benzene rings is 1. The fraction of sp³-hybridized carbons (Fsp3) is 0.455. The van der Waals surface area contributed by atoms with Crippen LogP contribution in [0.15, 0.2) is 23.1 Å². The molecule has 1 aromatic rings. The summed E-state index contributed by atoms with van der Waals surface area (Å²) in [6.07, 6.45) is 2.55. The van der Waals surface area contributed by atoms with E-state index in [1.54, 1.807) is 0 Å². The van der Waals surface area contributed by atoms with Crippen LogP contribution in [-0.4, -0.2) is 19.9 Å². The van der Waals surface area contributed by atoms with Gasteiger partial charge in [-0.1, -0.05) is 19.8 Å². The van der Waals surface area contributed by atoms with Gasteiger partial charge in [-0.15, -0.1) is 0 Å². The summed E-state index contributed by atoms with van der Waals surface area (Å²) in [7, 11) is -3.88. The first kappa shape index (κ1) is 15.4. The number of nitrogens with one attached hydrogen (secondary N) is 1. The second-order valence-corrected chi connectivity index (χ2v) is 5.82. The van der Waals surface area contributed by atoms with Crippen LogP contribution in [0.2, 0.25) is 0 Å². The van der Waals surface area contributed by atoms with E-state index in [1.807, 2.05) is 6.92 Å². The Morgan fingerprint density at radius 3 is 2.63 bits per heavy atom. The maximum Gasteiger partial charge on any atom is 0.291 e. The Kier molecular flexibility index (Phi) is 5.25. The number of nitrogens with two attached hydrogens (primary N) is 1. The Labute approximate surface area is 112 Å². The smallest absolute Gasteiger partial charge is 0.291 e. The fourth-order valence-electron chi connectivity index (χ4n) is 1.56. The molecule has 7 nitrogen and oxygen atoms in total. The minimum absolute atomic E-state index is 0.150. The van der Waals surface area contributed by atoms with Crippen molar-refractivity contribution in [3.05, 3.63) is 28.3 Å². The Bertz CT molecular complexity index is 557. The summed E-state index contributed by atoms with van der Waals surface area (Å²) in [6.45, 7) is 2.26. The molecule has 0 radical (unpaired) electrons. The molecule has 0 aliphatic heterocycles. The molecule has 0 unspecified atom stereocenters. The van der Waals surface area contributed by atoms with Crippen molar-refractivity contribution in [2.45, 2.75) is 31.1 Å². The SMILES string of the molecule is CCCCCNS(=O)(=O)c1ccc(N)cc1[N+](=O)[O-]. The molecule has 0 fully saturated rings. The molecule has 1 rings (SSSR count). The summed E-state index contributed by atoms with van der Waals surface area (Å²) in [6, 6.07) is 3.52. The van der Waals surface area contributed by atoms with E-state index in [4.69, 9.17) is 5.73 Å². The van der Waals surface area contributed by atoms with Crippen LogP contribution in [0.1, 0.15) is 26.2 Å². The van der Waals surface area contributed by atoms with Crippen molar-refractivity contribution >= 4 is 21.4 Å². The molecule has 0 heterocycles. The van der Waals surface area contributed by atoms with E-state index in [9.17, 15) is 18.5 Å². The van der Waals surface area contributed by atoms with Crippen molar-refractivity contribution in [1.29, 1.82) is 0 Å². The zero-order valence-corrected chi connectivity index (χ0v) is 11.4. The number of rotatable bonds is 7. The third kappa shape index (κ3) is 4.18. The number of nitro groups is 1. The summed E-state index contributed by atoms with van der Waals surface area (Å²) in [5.41, 5.74) is 5.07. The van der Waals surface area contributed by atoms with Crippen molar-refractivity contribution in [3.8, 4) is 0 Å². The van der Waals surface area contributed by atoms with Crippen LogP contribution in [0.5, 0.6) is 0 Å². The van der Waals surface area contributed by atoms with Gasteiger partial charge >= 0.3 is 0 Å². The van der Waals surface area contributed by atoms with Crippen molar-refractivity contribution in [2.75, 3.05) is 12.3 Å². The van der Waals surface area contributed by atoms with Gasteiger partial charge in [0.2, 0.25) is 10.0 Å². The van der Waals surface area contributed by atoms with Gasteiger partial charge in [0, 0.05) is 18.3 Å². The zero-order chi connectivity index (χ0) is 14.5. The molecule has 3 N–H and O–H groups in total. The molecule has 0 bridgehead atoms. The zero-order valence-electron chi connectivity index (χ0n) is 10.6. The molecule has 0 spiro atoms. The van der Waals surface area contributed by atoms with Crippen molar-refractivity contribution in [3.63, 3.8) is 0 Å². The fourth-order valence-corrected chi connectivity index (χ4v) is 2.79. The van der Waals surface area contributed by atoms with E-state index in [0.717, 1.165) is 25.0 Å². The third-order valence-corrected chi connectivity index (χ3v) is 4.05. The molecule has 0 amide bonds. The van der Waals surface area contributed by atoms with Crippen LogP contribution in [0.25, 0.3) is 0 Å². The van der Waals surface area contributed by atoms with Gasteiger partial charge in [0.05, 0.1) is 4.92 Å². The summed E-state index contributed by atoms with van der Waals surface area (Å²) in [4.78, 5) is 9.74. The van der Waals surface area contributed by atoms with E-state index >= 15 is 0 Å². The molecule has 0 saturated heterocycles. The van der Waals surface area contributed by atoms with E-state index in [2.05, 4.69) is 4.72 Å². The minimum Gasteiger partial charge on any atom is -0.399 e. The molecule has 106 valence electrons. The van der Waals surface area contributed by atoms with E-state index in [1.165, 1.54) is 6.07 Å². The number of nitro benzene ring substituents is 1. The van der Waals surface area contributed by atoms with Crippen LogP contribution >= 0.6 is 0 Å². The first-order valence-electron chi connectivity index (χ1n) is 5.92. The van der Waals surface area contributed by atoms with Crippen LogP contribution in [0.4, 0.5) is 11.4 Å².